The van der Waals surface area contributed by atoms with Crippen LogP contribution < -0.4 is 4.74 Å². The SMILES string of the molecule is O=C(CC1CCC1)c1cccc2c1OCC2. The van der Waals surface area contributed by atoms with Crippen LogP contribution in [-0.4, -0.2) is 12.4 Å². The summed E-state index contributed by atoms with van der Waals surface area (Å²) in [6.07, 6.45) is 5.39. The lowest BCUT2D eigenvalue weighted by Crippen LogP contribution is -2.16. The Morgan fingerprint density at radius 3 is 3.00 bits per heavy atom. The van der Waals surface area contributed by atoms with Crippen molar-refractivity contribution in [2.45, 2.75) is 32.1 Å². The first kappa shape index (κ1) is 9.88. The zero-order chi connectivity index (χ0) is 11.0. The molecule has 16 heavy (non-hydrogen) atoms. The molecule has 0 atom stereocenters. The molecular weight excluding hydrogens is 200 g/mol. The number of Topliss-reactive ketones (excluding diaryl/α,β-unsaturated/α-hetero) is 1. The molecule has 0 bridgehead atoms. The normalized spacial score (nSPS) is 18.8. The van der Waals surface area contributed by atoms with Crippen LogP contribution in [0.15, 0.2) is 18.2 Å². The van der Waals surface area contributed by atoms with Crippen molar-refractivity contribution in [2.75, 3.05) is 6.61 Å². The average molecular weight is 216 g/mol. The Morgan fingerprint density at radius 1 is 1.38 bits per heavy atom. The van der Waals surface area contributed by atoms with Gasteiger partial charge in [0.25, 0.3) is 0 Å². The monoisotopic (exact) mass is 216 g/mol. The molecule has 0 unspecified atom stereocenters. The van der Waals surface area contributed by atoms with Crippen LogP contribution in [-0.2, 0) is 6.42 Å². The molecule has 1 saturated carbocycles. The number of benzene rings is 1. The number of para-hydroxylation sites is 1. The minimum atomic E-state index is 0.267. The molecule has 1 fully saturated rings. The summed E-state index contributed by atoms with van der Waals surface area (Å²) in [4.78, 5) is 12.1. The summed E-state index contributed by atoms with van der Waals surface area (Å²) >= 11 is 0. The molecule has 2 nitrogen and oxygen atoms in total. The summed E-state index contributed by atoms with van der Waals surface area (Å²) in [5.74, 6) is 1.75. The lowest BCUT2D eigenvalue weighted by molar-refractivity contribution is 0.0933. The van der Waals surface area contributed by atoms with Crippen LogP contribution in [0, 0.1) is 5.92 Å². The van der Waals surface area contributed by atoms with Crippen molar-refractivity contribution in [3.05, 3.63) is 29.3 Å². The van der Waals surface area contributed by atoms with Gasteiger partial charge in [-0.2, -0.15) is 0 Å². The highest BCUT2D eigenvalue weighted by Crippen LogP contribution is 2.34. The highest BCUT2D eigenvalue weighted by molar-refractivity contribution is 5.99. The Kier molecular flexibility index (Phi) is 2.43. The quantitative estimate of drug-likeness (QED) is 0.726. The van der Waals surface area contributed by atoms with Crippen molar-refractivity contribution in [2.24, 2.45) is 5.92 Å². The first-order valence-electron chi connectivity index (χ1n) is 6.12. The van der Waals surface area contributed by atoms with Gasteiger partial charge in [-0.3, -0.25) is 4.79 Å². The third kappa shape index (κ3) is 1.62. The molecule has 1 heterocycles. The van der Waals surface area contributed by atoms with Gasteiger partial charge in [0.2, 0.25) is 0 Å². The van der Waals surface area contributed by atoms with E-state index in [2.05, 4.69) is 6.07 Å². The number of carbonyl (C=O) groups excluding carboxylic acids is 1. The van der Waals surface area contributed by atoms with Crippen molar-refractivity contribution in [1.29, 1.82) is 0 Å². The summed E-state index contributed by atoms with van der Waals surface area (Å²) in [5, 5.41) is 0. The number of hydrogen-bond donors (Lipinski definition) is 0. The third-order valence-corrected chi connectivity index (χ3v) is 3.71. The van der Waals surface area contributed by atoms with E-state index in [9.17, 15) is 4.79 Å². The molecule has 1 aromatic rings. The predicted octanol–water partition coefficient (Wildman–Crippen LogP) is 2.99. The summed E-state index contributed by atoms with van der Waals surface area (Å²) in [5.41, 5.74) is 2.00. The highest BCUT2D eigenvalue weighted by Gasteiger charge is 2.25. The number of rotatable bonds is 3. The second-order valence-corrected chi connectivity index (χ2v) is 4.82. The molecule has 0 amide bonds. The van der Waals surface area contributed by atoms with Gasteiger partial charge >= 0.3 is 0 Å². The van der Waals surface area contributed by atoms with E-state index in [0.29, 0.717) is 12.3 Å². The van der Waals surface area contributed by atoms with Gasteiger partial charge in [-0.15, -0.1) is 0 Å². The molecule has 0 radical (unpaired) electrons. The van der Waals surface area contributed by atoms with Gasteiger partial charge in [-0.05, 0) is 17.5 Å². The van der Waals surface area contributed by atoms with Crippen molar-refractivity contribution < 1.29 is 9.53 Å². The molecule has 2 heteroatoms. The fourth-order valence-electron chi connectivity index (χ4n) is 2.50. The van der Waals surface area contributed by atoms with Crippen LogP contribution >= 0.6 is 0 Å². The van der Waals surface area contributed by atoms with Crippen LogP contribution in [0.2, 0.25) is 0 Å². The maximum atomic E-state index is 12.1. The minimum Gasteiger partial charge on any atom is -0.492 e. The van der Waals surface area contributed by atoms with E-state index >= 15 is 0 Å². The Morgan fingerprint density at radius 2 is 2.25 bits per heavy atom. The largest absolute Gasteiger partial charge is 0.492 e. The maximum Gasteiger partial charge on any atom is 0.166 e. The van der Waals surface area contributed by atoms with E-state index in [1.165, 1.54) is 24.8 Å². The van der Waals surface area contributed by atoms with Gasteiger partial charge in [0.1, 0.15) is 5.75 Å². The number of ketones is 1. The average Bonchev–Trinajstić information content (AvgIpc) is 2.70. The van der Waals surface area contributed by atoms with E-state index in [-0.39, 0.29) is 5.78 Å². The molecule has 3 rings (SSSR count). The molecule has 84 valence electrons. The summed E-state index contributed by atoms with van der Waals surface area (Å²) in [6.45, 7) is 0.725. The molecule has 1 aliphatic heterocycles. The van der Waals surface area contributed by atoms with Gasteiger partial charge < -0.3 is 4.74 Å². The van der Waals surface area contributed by atoms with E-state index in [1.54, 1.807) is 0 Å². The Hall–Kier alpha value is -1.31. The Bertz CT molecular complexity index is 419. The van der Waals surface area contributed by atoms with Crippen LogP contribution in [0.4, 0.5) is 0 Å². The first-order valence-corrected chi connectivity index (χ1v) is 6.12. The molecule has 0 N–H and O–H groups in total. The highest BCUT2D eigenvalue weighted by atomic mass is 16.5. The van der Waals surface area contributed by atoms with Crippen LogP contribution in [0.5, 0.6) is 5.75 Å². The van der Waals surface area contributed by atoms with E-state index < -0.39 is 0 Å². The summed E-state index contributed by atoms with van der Waals surface area (Å²) in [7, 11) is 0. The lowest BCUT2D eigenvalue weighted by atomic mass is 9.81. The molecule has 1 aliphatic carbocycles. The standard InChI is InChI=1S/C14H16O2/c15-13(9-10-3-1-4-10)12-6-2-5-11-7-8-16-14(11)12/h2,5-6,10H,1,3-4,7-9H2. The fourth-order valence-corrected chi connectivity index (χ4v) is 2.50. The van der Waals surface area contributed by atoms with Crippen LogP contribution in [0.3, 0.4) is 0 Å². The number of hydrogen-bond acceptors (Lipinski definition) is 2. The molecule has 0 spiro atoms. The number of carbonyl (C=O) groups is 1. The van der Waals surface area contributed by atoms with Crippen molar-refractivity contribution in [1.82, 2.24) is 0 Å². The first-order chi connectivity index (χ1) is 7.84. The minimum absolute atomic E-state index is 0.267. The Labute approximate surface area is 95.6 Å². The van der Waals surface area contributed by atoms with Gasteiger partial charge in [0.15, 0.2) is 5.78 Å². The molecule has 0 aromatic heterocycles. The van der Waals surface area contributed by atoms with Crippen molar-refractivity contribution in [3.63, 3.8) is 0 Å². The predicted molar refractivity (Wildman–Crippen MR) is 61.9 cm³/mol. The molecule has 0 saturated heterocycles. The van der Waals surface area contributed by atoms with Crippen molar-refractivity contribution in [3.8, 4) is 5.75 Å². The zero-order valence-corrected chi connectivity index (χ0v) is 9.37. The topological polar surface area (TPSA) is 26.3 Å². The van der Waals surface area contributed by atoms with Gasteiger partial charge in [0, 0.05) is 12.8 Å². The number of fused-ring (bicyclic) bond motifs is 1. The second kappa shape index (κ2) is 3.93. The van der Waals surface area contributed by atoms with E-state index in [0.717, 1.165) is 24.3 Å². The molecule has 2 aliphatic rings. The van der Waals surface area contributed by atoms with Crippen LogP contribution in [0.25, 0.3) is 0 Å². The zero-order valence-electron chi connectivity index (χ0n) is 9.37. The van der Waals surface area contributed by atoms with Crippen molar-refractivity contribution >= 4 is 5.78 Å². The third-order valence-electron chi connectivity index (χ3n) is 3.71. The lowest BCUT2D eigenvalue weighted by Gasteiger charge is -2.24. The Balaban J connectivity index is 1.82. The van der Waals surface area contributed by atoms with Gasteiger partial charge in [0.05, 0.1) is 12.2 Å². The summed E-state index contributed by atoms with van der Waals surface area (Å²) in [6, 6.07) is 5.94. The smallest absolute Gasteiger partial charge is 0.166 e. The fraction of sp³-hybridized carbons (Fsp3) is 0.500. The van der Waals surface area contributed by atoms with E-state index in [1.807, 2.05) is 12.1 Å². The molecule has 1 aromatic carbocycles. The summed E-state index contributed by atoms with van der Waals surface area (Å²) < 4.78 is 5.56. The second-order valence-electron chi connectivity index (χ2n) is 4.82. The van der Waals surface area contributed by atoms with Crippen LogP contribution in [0.1, 0.15) is 41.6 Å². The van der Waals surface area contributed by atoms with Gasteiger partial charge in [-0.25, -0.2) is 0 Å². The van der Waals surface area contributed by atoms with Gasteiger partial charge in [-0.1, -0.05) is 31.4 Å². The number of ether oxygens (including phenoxy) is 1. The molecular formula is C14H16O2. The van der Waals surface area contributed by atoms with E-state index in [4.69, 9.17) is 4.74 Å². The maximum absolute atomic E-state index is 12.1.